The molecule has 1 heterocycles. The molecule has 2 fully saturated rings. The lowest BCUT2D eigenvalue weighted by atomic mass is 9.95. The van der Waals surface area contributed by atoms with E-state index in [-0.39, 0.29) is 43.0 Å². The van der Waals surface area contributed by atoms with Gasteiger partial charge >= 0.3 is 0 Å². The smallest absolute Gasteiger partial charge is 0.248 e. The Morgan fingerprint density at radius 3 is 2.52 bits per heavy atom. The Morgan fingerprint density at radius 1 is 1.13 bits per heavy atom. The fourth-order valence-corrected chi connectivity index (χ4v) is 3.60. The van der Waals surface area contributed by atoms with Gasteiger partial charge in [0, 0.05) is 25.0 Å². The van der Waals surface area contributed by atoms with Gasteiger partial charge in [0.25, 0.3) is 0 Å². The molecule has 1 saturated heterocycles. The molecule has 0 spiro atoms. The number of amides is 1. The van der Waals surface area contributed by atoms with E-state index in [0.717, 1.165) is 12.8 Å². The number of rotatable bonds is 4. The summed E-state index contributed by atoms with van der Waals surface area (Å²) in [6.07, 6.45) is 6.22. The van der Waals surface area contributed by atoms with Crippen molar-refractivity contribution in [2.24, 2.45) is 5.73 Å². The molecule has 0 bridgehead atoms. The second kappa shape index (κ2) is 8.67. The van der Waals surface area contributed by atoms with Crippen LogP contribution in [0, 0.1) is 0 Å². The van der Waals surface area contributed by atoms with Crippen molar-refractivity contribution in [2.45, 2.75) is 50.2 Å². The Bertz CT molecular complexity index is 491. The zero-order chi connectivity index (χ0) is 15.4. The van der Waals surface area contributed by atoms with Crippen LogP contribution >= 0.6 is 12.4 Å². The summed E-state index contributed by atoms with van der Waals surface area (Å²) in [5.41, 5.74) is 7.46. The molecule has 128 valence electrons. The zero-order valence-corrected chi connectivity index (χ0v) is 14.3. The Hall–Kier alpha value is -1.10. The fourth-order valence-electron chi connectivity index (χ4n) is 3.60. The molecule has 2 atom stereocenters. The van der Waals surface area contributed by atoms with Gasteiger partial charge in [-0.1, -0.05) is 49.6 Å². The van der Waals surface area contributed by atoms with Crippen molar-refractivity contribution in [2.75, 3.05) is 19.7 Å². The van der Waals surface area contributed by atoms with Crippen LogP contribution in [0.15, 0.2) is 30.3 Å². The molecule has 0 unspecified atom stereocenters. The third kappa shape index (κ3) is 4.69. The van der Waals surface area contributed by atoms with Crippen LogP contribution in [0.2, 0.25) is 0 Å². The summed E-state index contributed by atoms with van der Waals surface area (Å²) >= 11 is 0. The minimum Gasteiger partial charge on any atom is -0.368 e. The van der Waals surface area contributed by atoms with Gasteiger partial charge in [-0.2, -0.15) is 0 Å². The van der Waals surface area contributed by atoms with Crippen LogP contribution < -0.4 is 5.73 Å². The summed E-state index contributed by atoms with van der Waals surface area (Å²) in [5.74, 6) is 0.319. The normalized spacial score (nSPS) is 25.2. The van der Waals surface area contributed by atoms with Crippen LogP contribution in [0.1, 0.15) is 43.6 Å². The van der Waals surface area contributed by atoms with Gasteiger partial charge in [-0.25, -0.2) is 0 Å². The average molecular weight is 339 g/mol. The van der Waals surface area contributed by atoms with Crippen molar-refractivity contribution in [3.63, 3.8) is 0 Å². The monoisotopic (exact) mass is 338 g/mol. The number of halogens is 1. The van der Waals surface area contributed by atoms with Gasteiger partial charge in [-0.05, 0) is 18.4 Å². The molecule has 1 aromatic carbocycles. The summed E-state index contributed by atoms with van der Waals surface area (Å²) in [5, 5.41) is 0. The summed E-state index contributed by atoms with van der Waals surface area (Å²) in [6, 6.07) is 10.3. The summed E-state index contributed by atoms with van der Waals surface area (Å²) in [7, 11) is 0. The van der Waals surface area contributed by atoms with Crippen molar-refractivity contribution in [3.8, 4) is 0 Å². The molecule has 3 rings (SSSR count). The first kappa shape index (κ1) is 18.2. The molecule has 0 aromatic heterocycles. The topological polar surface area (TPSA) is 55.6 Å². The molecule has 2 aliphatic rings. The Kier molecular flexibility index (Phi) is 6.88. The maximum atomic E-state index is 12.4. The van der Waals surface area contributed by atoms with E-state index >= 15 is 0 Å². The first-order valence-electron chi connectivity index (χ1n) is 8.44. The van der Waals surface area contributed by atoms with Crippen molar-refractivity contribution >= 4 is 18.3 Å². The van der Waals surface area contributed by atoms with Gasteiger partial charge in [0.2, 0.25) is 5.91 Å². The highest BCUT2D eigenvalue weighted by Crippen LogP contribution is 2.26. The largest absolute Gasteiger partial charge is 0.368 e. The number of hydrogen-bond donors (Lipinski definition) is 1. The molecule has 1 aromatic rings. The SMILES string of the molecule is Cl.N[C@@H]1CN(C(=O)COC2CCCCC2)C[C@H]1c1ccccc1. The summed E-state index contributed by atoms with van der Waals surface area (Å²) in [4.78, 5) is 14.2. The maximum Gasteiger partial charge on any atom is 0.248 e. The second-order valence-electron chi connectivity index (χ2n) is 6.55. The number of nitrogens with zero attached hydrogens (tertiary/aromatic N) is 1. The zero-order valence-electron chi connectivity index (χ0n) is 13.5. The van der Waals surface area contributed by atoms with E-state index in [9.17, 15) is 4.79 Å². The molecule has 1 saturated carbocycles. The first-order valence-corrected chi connectivity index (χ1v) is 8.44. The van der Waals surface area contributed by atoms with Gasteiger partial charge in [0.15, 0.2) is 0 Å². The van der Waals surface area contributed by atoms with Crippen LogP contribution in [0.5, 0.6) is 0 Å². The van der Waals surface area contributed by atoms with Crippen LogP contribution in [-0.2, 0) is 9.53 Å². The third-order valence-electron chi connectivity index (χ3n) is 4.94. The number of carbonyl (C=O) groups excluding carboxylic acids is 1. The van der Waals surface area contributed by atoms with E-state index in [1.165, 1.54) is 24.8 Å². The predicted octanol–water partition coefficient (Wildman–Crippen LogP) is 2.71. The van der Waals surface area contributed by atoms with Crippen molar-refractivity contribution in [1.82, 2.24) is 4.90 Å². The van der Waals surface area contributed by atoms with Gasteiger partial charge in [0.05, 0.1) is 6.10 Å². The Labute approximate surface area is 144 Å². The van der Waals surface area contributed by atoms with E-state index < -0.39 is 0 Å². The lowest BCUT2D eigenvalue weighted by molar-refractivity contribution is -0.137. The Balaban J connectivity index is 0.00000192. The minimum absolute atomic E-state index is 0. The molecule has 4 nitrogen and oxygen atoms in total. The standard InChI is InChI=1S/C18H26N2O2.ClH/c19-17-12-20(11-16(17)14-7-3-1-4-8-14)18(21)13-22-15-9-5-2-6-10-15;/h1,3-4,7-8,15-17H,2,5-6,9-13,19H2;1H/t16-,17+;/m0./s1. The summed E-state index contributed by atoms with van der Waals surface area (Å²) < 4.78 is 5.80. The number of nitrogens with two attached hydrogens (primary N) is 1. The fraction of sp³-hybridized carbons (Fsp3) is 0.611. The van der Waals surface area contributed by atoms with Crippen LogP contribution in [0.4, 0.5) is 0 Å². The molecule has 5 heteroatoms. The second-order valence-corrected chi connectivity index (χ2v) is 6.55. The van der Waals surface area contributed by atoms with Crippen molar-refractivity contribution < 1.29 is 9.53 Å². The van der Waals surface area contributed by atoms with E-state index in [4.69, 9.17) is 10.5 Å². The van der Waals surface area contributed by atoms with Crippen LogP contribution in [0.3, 0.4) is 0 Å². The highest BCUT2D eigenvalue weighted by atomic mass is 35.5. The quantitative estimate of drug-likeness (QED) is 0.918. The minimum atomic E-state index is 0. The van der Waals surface area contributed by atoms with Crippen molar-refractivity contribution in [3.05, 3.63) is 35.9 Å². The number of hydrogen-bond acceptors (Lipinski definition) is 3. The predicted molar refractivity (Wildman–Crippen MR) is 93.8 cm³/mol. The van der Waals surface area contributed by atoms with Gasteiger partial charge < -0.3 is 15.4 Å². The first-order chi connectivity index (χ1) is 10.7. The number of likely N-dealkylation sites (tertiary alicyclic amines) is 1. The molecule has 2 N–H and O–H groups in total. The summed E-state index contributed by atoms with van der Waals surface area (Å²) in [6.45, 7) is 1.54. The van der Waals surface area contributed by atoms with Gasteiger partial charge in [0.1, 0.15) is 6.61 Å². The highest BCUT2D eigenvalue weighted by molar-refractivity contribution is 5.85. The molecule has 1 aliphatic carbocycles. The van der Waals surface area contributed by atoms with Gasteiger partial charge in [-0.3, -0.25) is 4.79 Å². The molecule has 0 radical (unpaired) electrons. The van der Waals surface area contributed by atoms with Crippen molar-refractivity contribution in [1.29, 1.82) is 0 Å². The third-order valence-corrected chi connectivity index (χ3v) is 4.94. The van der Waals surface area contributed by atoms with Gasteiger partial charge in [-0.15, -0.1) is 12.4 Å². The number of benzene rings is 1. The van der Waals surface area contributed by atoms with E-state index in [1.807, 2.05) is 23.1 Å². The average Bonchev–Trinajstić information content (AvgIpc) is 2.96. The van der Waals surface area contributed by atoms with Crippen LogP contribution in [0.25, 0.3) is 0 Å². The lowest BCUT2D eigenvalue weighted by Crippen LogP contribution is -2.35. The maximum absolute atomic E-state index is 12.4. The Morgan fingerprint density at radius 2 is 1.83 bits per heavy atom. The number of ether oxygens (including phenoxy) is 1. The highest BCUT2D eigenvalue weighted by Gasteiger charge is 2.33. The lowest BCUT2D eigenvalue weighted by Gasteiger charge is -2.23. The van der Waals surface area contributed by atoms with E-state index in [0.29, 0.717) is 13.1 Å². The van der Waals surface area contributed by atoms with E-state index in [2.05, 4.69) is 12.1 Å². The molecule has 1 aliphatic heterocycles. The molecule has 1 amide bonds. The number of carbonyl (C=O) groups is 1. The molecule has 23 heavy (non-hydrogen) atoms. The van der Waals surface area contributed by atoms with E-state index in [1.54, 1.807) is 0 Å². The van der Waals surface area contributed by atoms with Crippen LogP contribution in [-0.4, -0.2) is 42.6 Å². The molecular formula is C18H27ClN2O2. The molecular weight excluding hydrogens is 312 g/mol.